The highest BCUT2D eigenvalue weighted by atomic mass is 35.5. The van der Waals surface area contributed by atoms with Gasteiger partial charge >= 0.3 is 0 Å². The van der Waals surface area contributed by atoms with E-state index in [4.69, 9.17) is 16.3 Å². The minimum Gasteiger partial charge on any atom is -0.381 e. The van der Waals surface area contributed by atoms with Crippen molar-refractivity contribution in [3.8, 4) is 0 Å². The van der Waals surface area contributed by atoms with Gasteiger partial charge in [-0.25, -0.2) is 0 Å². The molecular weight excluding hydrogens is 232 g/mol. The molecule has 0 spiro atoms. The average Bonchev–Trinajstić information content (AvgIpc) is 2.60. The quantitative estimate of drug-likeness (QED) is 0.814. The first-order chi connectivity index (χ1) is 7.27. The predicted molar refractivity (Wildman–Crippen MR) is 59.3 cm³/mol. The Morgan fingerprint density at radius 2 is 2.27 bits per heavy atom. The van der Waals surface area contributed by atoms with Crippen LogP contribution in [0.15, 0.2) is 11.4 Å². The maximum atomic E-state index is 11.9. The molecule has 3 rings (SSSR count). The average molecular weight is 243 g/mol. The van der Waals surface area contributed by atoms with Crippen molar-refractivity contribution in [2.75, 3.05) is 13.2 Å². The Kier molecular flexibility index (Phi) is 2.34. The number of carbonyl (C=O) groups is 1. The second-order valence-corrected chi connectivity index (χ2v) is 5.63. The SMILES string of the molecule is O=C(Cc1sccc1Cl)C1C2COCC21. The lowest BCUT2D eigenvalue weighted by Gasteiger charge is -2.02. The van der Waals surface area contributed by atoms with E-state index >= 15 is 0 Å². The number of carbonyl (C=O) groups excluding carboxylic acids is 1. The molecule has 0 N–H and O–H groups in total. The molecule has 0 aromatic carbocycles. The van der Waals surface area contributed by atoms with Gasteiger partial charge in [0.2, 0.25) is 0 Å². The van der Waals surface area contributed by atoms with Gasteiger partial charge in [0.05, 0.1) is 18.2 Å². The van der Waals surface area contributed by atoms with Crippen LogP contribution in [0.2, 0.25) is 5.02 Å². The number of Topliss-reactive ketones (excluding diaryl/α,β-unsaturated/α-hetero) is 1. The summed E-state index contributed by atoms with van der Waals surface area (Å²) in [5.74, 6) is 1.63. The number of ether oxygens (including phenoxy) is 1. The third-order valence-corrected chi connectivity index (χ3v) is 4.74. The summed E-state index contributed by atoms with van der Waals surface area (Å²) in [6, 6.07) is 1.85. The Morgan fingerprint density at radius 1 is 1.53 bits per heavy atom. The van der Waals surface area contributed by atoms with Gasteiger partial charge < -0.3 is 4.74 Å². The van der Waals surface area contributed by atoms with Gasteiger partial charge in [-0.1, -0.05) is 11.6 Å². The van der Waals surface area contributed by atoms with E-state index in [9.17, 15) is 4.79 Å². The third kappa shape index (κ3) is 1.63. The Labute approximate surface area is 97.2 Å². The minimum absolute atomic E-state index is 0.261. The van der Waals surface area contributed by atoms with Crippen LogP contribution in [0.5, 0.6) is 0 Å². The standard InChI is InChI=1S/C11H11ClO2S/c12-8-1-2-15-10(8)3-9(13)11-6-4-14-5-7(6)11/h1-2,6-7,11H,3-5H2. The van der Waals surface area contributed by atoms with Crippen molar-refractivity contribution in [2.45, 2.75) is 6.42 Å². The summed E-state index contributed by atoms with van der Waals surface area (Å²) in [5, 5.41) is 2.66. The molecular formula is C11H11ClO2S. The summed E-state index contributed by atoms with van der Waals surface area (Å²) in [5.41, 5.74) is 0. The summed E-state index contributed by atoms with van der Waals surface area (Å²) < 4.78 is 5.27. The summed E-state index contributed by atoms with van der Waals surface area (Å²) in [4.78, 5) is 12.9. The molecule has 2 nitrogen and oxygen atoms in total. The number of ketones is 1. The molecule has 2 unspecified atom stereocenters. The van der Waals surface area contributed by atoms with E-state index in [0.29, 0.717) is 24.0 Å². The van der Waals surface area contributed by atoms with Crippen molar-refractivity contribution in [2.24, 2.45) is 17.8 Å². The van der Waals surface area contributed by atoms with E-state index in [2.05, 4.69) is 0 Å². The summed E-state index contributed by atoms with van der Waals surface area (Å²) in [7, 11) is 0. The molecule has 2 heterocycles. The lowest BCUT2D eigenvalue weighted by Crippen LogP contribution is -2.11. The van der Waals surface area contributed by atoms with Gasteiger partial charge in [0.25, 0.3) is 0 Å². The minimum atomic E-state index is 0.261. The molecule has 4 heteroatoms. The molecule has 1 saturated carbocycles. The van der Waals surface area contributed by atoms with Crippen LogP contribution in [0.4, 0.5) is 0 Å². The second-order valence-electron chi connectivity index (χ2n) is 4.23. The van der Waals surface area contributed by atoms with Crippen LogP contribution in [0.3, 0.4) is 0 Å². The van der Waals surface area contributed by atoms with Gasteiger partial charge in [-0.2, -0.15) is 0 Å². The second kappa shape index (κ2) is 3.58. The highest BCUT2D eigenvalue weighted by Gasteiger charge is 2.57. The number of hydrogen-bond acceptors (Lipinski definition) is 3. The first-order valence-corrected chi connectivity index (χ1v) is 6.35. The lowest BCUT2D eigenvalue weighted by molar-refractivity contribution is -0.120. The maximum Gasteiger partial charge on any atom is 0.141 e. The lowest BCUT2D eigenvalue weighted by atomic mass is 10.1. The molecule has 2 atom stereocenters. The maximum absolute atomic E-state index is 11.9. The number of hydrogen-bond donors (Lipinski definition) is 0. The van der Waals surface area contributed by atoms with E-state index in [-0.39, 0.29) is 5.92 Å². The molecule has 15 heavy (non-hydrogen) atoms. The molecule has 1 aromatic rings. The smallest absolute Gasteiger partial charge is 0.141 e. The zero-order chi connectivity index (χ0) is 10.4. The molecule has 1 saturated heterocycles. The fraction of sp³-hybridized carbons (Fsp3) is 0.545. The first kappa shape index (κ1) is 9.82. The van der Waals surface area contributed by atoms with Crippen molar-refractivity contribution in [1.29, 1.82) is 0 Å². The van der Waals surface area contributed by atoms with Crippen molar-refractivity contribution in [3.63, 3.8) is 0 Å². The summed E-state index contributed by atoms with van der Waals surface area (Å²) in [6.45, 7) is 1.55. The van der Waals surface area contributed by atoms with E-state index < -0.39 is 0 Å². The van der Waals surface area contributed by atoms with Crippen molar-refractivity contribution in [1.82, 2.24) is 0 Å². The van der Waals surface area contributed by atoms with Crippen LogP contribution >= 0.6 is 22.9 Å². The highest BCUT2D eigenvalue weighted by Crippen LogP contribution is 2.51. The topological polar surface area (TPSA) is 26.3 Å². The molecule has 0 bridgehead atoms. The van der Waals surface area contributed by atoms with Crippen molar-refractivity contribution < 1.29 is 9.53 Å². The molecule has 0 amide bonds. The summed E-state index contributed by atoms with van der Waals surface area (Å²) >= 11 is 7.53. The monoisotopic (exact) mass is 242 g/mol. The number of fused-ring (bicyclic) bond motifs is 1. The van der Waals surface area contributed by atoms with Crippen LogP contribution in [0.1, 0.15) is 4.88 Å². The van der Waals surface area contributed by atoms with Crippen LogP contribution < -0.4 is 0 Å². The van der Waals surface area contributed by atoms with Gasteiger partial charge in [-0.3, -0.25) is 4.79 Å². The fourth-order valence-corrected chi connectivity index (χ4v) is 3.56. The van der Waals surface area contributed by atoms with E-state index in [1.54, 1.807) is 11.3 Å². The van der Waals surface area contributed by atoms with Crippen LogP contribution in [-0.4, -0.2) is 19.0 Å². The number of halogens is 1. The summed E-state index contributed by atoms with van der Waals surface area (Å²) in [6.07, 6.45) is 0.508. The molecule has 1 aromatic heterocycles. The van der Waals surface area contributed by atoms with Crippen molar-refractivity contribution in [3.05, 3.63) is 21.3 Å². The zero-order valence-electron chi connectivity index (χ0n) is 8.11. The Balaban J connectivity index is 1.65. The predicted octanol–water partition coefficient (Wildman–Crippen LogP) is 2.41. The normalized spacial score (nSPS) is 32.7. The van der Waals surface area contributed by atoms with E-state index in [0.717, 1.165) is 23.1 Å². The van der Waals surface area contributed by atoms with Gasteiger partial charge in [-0.15, -0.1) is 11.3 Å². The van der Waals surface area contributed by atoms with Gasteiger partial charge in [0.1, 0.15) is 5.78 Å². The van der Waals surface area contributed by atoms with Crippen LogP contribution in [0.25, 0.3) is 0 Å². The largest absolute Gasteiger partial charge is 0.381 e. The van der Waals surface area contributed by atoms with Crippen LogP contribution in [-0.2, 0) is 16.0 Å². The van der Waals surface area contributed by atoms with E-state index in [1.807, 2.05) is 11.4 Å². The third-order valence-electron chi connectivity index (χ3n) is 3.35. The number of rotatable bonds is 3. The molecule has 0 radical (unpaired) electrons. The van der Waals surface area contributed by atoms with Gasteiger partial charge in [0, 0.05) is 17.2 Å². The van der Waals surface area contributed by atoms with Gasteiger partial charge in [-0.05, 0) is 23.3 Å². The highest BCUT2D eigenvalue weighted by molar-refractivity contribution is 7.10. The Hall–Kier alpha value is -0.380. The van der Waals surface area contributed by atoms with Crippen LogP contribution in [0, 0.1) is 17.8 Å². The molecule has 1 aliphatic carbocycles. The molecule has 2 aliphatic rings. The molecule has 80 valence electrons. The Bertz CT molecular complexity index is 391. The van der Waals surface area contributed by atoms with E-state index in [1.165, 1.54) is 0 Å². The molecule has 2 fully saturated rings. The fourth-order valence-electron chi connectivity index (χ4n) is 2.44. The van der Waals surface area contributed by atoms with Gasteiger partial charge in [0.15, 0.2) is 0 Å². The Morgan fingerprint density at radius 3 is 2.87 bits per heavy atom. The number of thiophene rings is 1. The van der Waals surface area contributed by atoms with Crippen molar-refractivity contribution >= 4 is 28.7 Å². The first-order valence-electron chi connectivity index (χ1n) is 5.09. The molecule has 1 aliphatic heterocycles. The zero-order valence-corrected chi connectivity index (χ0v) is 9.68.